The molecule has 3 N–H and O–H groups in total. The maximum absolute atomic E-state index is 13.0. The summed E-state index contributed by atoms with van der Waals surface area (Å²) in [5.74, 6) is -1.93. The molecule has 2 aromatic carbocycles. The molecule has 2 amide bonds. The molecule has 4 rings (SSSR count). The minimum absolute atomic E-state index is 0.0969. The fourth-order valence-corrected chi connectivity index (χ4v) is 5.00. The Morgan fingerprint density at radius 3 is 2.20 bits per heavy atom. The largest absolute Gasteiger partial charge is 0.480 e. The van der Waals surface area contributed by atoms with Crippen LogP contribution in [0.15, 0.2) is 66.0 Å². The van der Waals surface area contributed by atoms with E-state index in [0.717, 1.165) is 22.3 Å². The first kappa shape index (κ1) is 24.4. The van der Waals surface area contributed by atoms with Crippen molar-refractivity contribution in [1.82, 2.24) is 10.6 Å². The van der Waals surface area contributed by atoms with Crippen molar-refractivity contribution in [3.05, 3.63) is 82.0 Å². The van der Waals surface area contributed by atoms with Gasteiger partial charge in [0.25, 0.3) is 0 Å². The second-order valence-corrected chi connectivity index (χ2v) is 9.08. The van der Waals surface area contributed by atoms with Crippen LogP contribution in [0, 0.1) is 0 Å². The Hall–Kier alpha value is -3.69. The van der Waals surface area contributed by atoms with Gasteiger partial charge in [-0.1, -0.05) is 54.6 Å². The minimum Gasteiger partial charge on any atom is -0.480 e. The van der Waals surface area contributed by atoms with Crippen LogP contribution in [0.3, 0.4) is 0 Å². The molecule has 2 unspecified atom stereocenters. The highest BCUT2D eigenvalue weighted by atomic mass is 32.1. The lowest BCUT2D eigenvalue weighted by Crippen LogP contribution is -2.47. The van der Waals surface area contributed by atoms with E-state index < -0.39 is 30.1 Å². The average Bonchev–Trinajstić information content (AvgIpc) is 3.50. The minimum atomic E-state index is -1.18. The van der Waals surface area contributed by atoms with Crippen LogP contribution in [0.5, 0.6) is 0 Å². The van der Waals surface area contributed by atoms with Gasteiger partial charge in [-0.05, 0) is 33.7 Å². The lowest BCUT2D eigenvalue weighted by Gasteiger charge is -2.21. The number of amides is 2. The van der Waals surface area contributed by atoms with Crippen molar-refractivity contribution >= 4 is 29.3 Å². The number of hydrogen-bond donors (Lipinski definition) is 3. The molecule has 2 atom stereocenters. The Morgan fingerprint density at radius 1 is 0.971 bits per heavy atom. The van der Waals surface area contributed by atoms with Gasteiger partial charge in [0.15, 0.2) is 0 Å². The maximum atomic E-state index is 13.0. The van der Waals surface area contributed by atoms with Gasteiger partial charge < -0.3 is 25.2 Å². The molecule has 0 radical (unpaired) electrons. The van der Waals surface area contributed by atoms with E-state index >= 15 is 0 Å². The van der Waals surface area contributed by atoms with E-state index in [9.17, 15) is 19.5 Å². The number of aliphatic carboxylic acids is 1. The fourth-order valence-electron chi connectivity index (χ4n) is 4.23. The summed E-state index contributed by atoms with van der Waals surface area (Å²) in [5.41, 5.74) is 4.39. The summed E-state index contributed by atoms with van der Waals surface area (Å²) in [6, 6.07) is 17.2. The van der Waals surface area contributed by atoms with Crippen molar-refractivity contribution in [3.63, 3.8) is 0 Å². The maximum Gasteiger partial charge on any atom is 0.408 e. The molecule has 8 nitrogen and oxygen atoms in total. The first-order valence-corrected chi connectivity index (χ1v) is 12.0. The molecule has 0 spiro atoms. The highest BCUT2D eigenvalue weighted by Crippen LogP contribution is 2.44. The zero-order valence-electron chi connectivity index (χ0n) is 19.1. The number of benzene rings is 2. The number of ether oxygens (including phenoxy) is 2. The van der Waals surface area contributed by atoms with Gasteiger partial charge in [0, 0.05) is 30.9 Å². The van der Waals surface area contributed by atoms with Gasteiger partial charge in [0.2, 0.25) is 5.91 Å². The Balaban J connectivity index is 1.45. The molecular formula is C26H26N2O6S. The number of methoxy groups -OCH3 is 1. The molecule has 1 aliphatic rings. The Bertz CT molecular complexity index is 1150. The summed E-state index contributed by atoms with van der Waals surface area (Å²) in [5, 5.41) is 16.3. The van der Waals surface area contributed by atoms with E-state index in [4.69, 9.17) is 9.47 Å². The van der Waals surface area contributed by atoms with Crippen LogP contribution in [0.4, 0.5) is 4.79 Å². The highest BCUT2D eigenvalue weighted by Gasteiger charge is 2.31. The second kappa shape index (κ2) is 11.2. The molecule has 0 saturated carbocycles. The van der Waals surface area contributed by atoms with Crippen LogP contribution in [0.25, 0.3) is 11.1 Å². The SMILES string of the molecule is COCCC(NC(=O)C(NC(=O)OCC1c2ccccc2-c2ccccc21)c1cccs1)C(=O)O. The van der Waals surface area contributed by atoms with Crippen LogP contribution in [0.2, 0.25) is 0 Å². The zero-order valence-corrected chi connectivity index (χ0v) is 19.9. The van der Waals surface area contributed by atoms with Crippen LogP contribution in [-0.4, -0.2) is 49.4 Å². The van der Waals surface area contributed by atoms with Gasteiger partial charge in [-0.15, -0.1) is 11.3 Å². The molecule has 1 aliphatic carbocycles. The number of thiophene rings is 1. The van der Waals surface area contributed by atoms with E-state index in [2.05, 4.69) is 10.6 Å². The van der Waals surface area contributed by atoms with E-state index in [-0.39, 0.29) is 25.6 Å². The Labute approximate surface area is 206 Å². The first-order chi connectivity index (χ1) is 17.0. The lowest BCUT2D eigenvalue weighted by atomic mass is 9.98. The van der Waals surface area contributed by atoms with Crippen LogP contribution in [-0.2, 0) is 19.1 Å². The molecule has 0 aliphatic heterocycles. The molecule has 1 aromatic heterocycles. The van der Waals surface area contributed by atoms with E-state index in [1.165, 1.54) is 18.4 Å². The average molecular weight is 495 g/mol. The van der Waals surface area contributed by atoms with Crippen LogP contribution < -0.4 is 10.6 Å². The Morgan fingerprint density at radius 2 is 1.63 bits per heavy atom. The van der Waals surface area contributed by atoms with Gasteiger partial charge in [-0.25, -0.2) is 9.59 Å². The quantitative estimate of drug-likeness (QED) is 0.394. The van der Waals surface area contributed by atoms with Gasteiger partial charge in [-0.2, -0.15) is 0 Å². The first-order valence-electron chi connectivity index (χ1n) is 11.2. The Kier molecular flexibility index (Phi) is 7.79. The lowest BCUT2D eigenvalue weighted by molar-refractivity contribution is -0.142. The summed E-state index contributed by atoms with van der Waals surface area (Å²) in [7, 11) is 1.45. The monoisotopic (exact) mass is 494 g/mol. The predicted octanol–water partition coefficient (Wildman–Crippen LogP) is 3.93. The number of carbonyl (C=O) groups excluding carboxylic acids is 2. The molecule has 9 heteroatoms. The molecule has 3 aromatic rings. The summed E-state index contributed by atoms with van der Waals surface area (Å²) in [6.07, 6.45) is -0.663. The molecule has 182 valence electrons. The number of hydrogen-bond acceptors (Lipinski definition) is 6. The van der Waals surface area contributed by atoms with E-state index in [1.807, 2.05) is 48.5 Å². The van der Waals surface area contributed by atoms with Gasteiger partial charge >= 0.3 is 12.1 Å². The number of rotatable bonds is 10. The van der Waals surface area contributed by atoms with E-state index in [0.29, 0.717) is 4.88 Å². The van der Waals surface area contributed by atoms with Crippen molar-refractivity contribution in [2.75, 3.05) is 20.3 Å². The third-order valence-corrected chi connectivity index (χ3v) is 6.86. The van der Waals surface area contributed by atoms with Crippen molar-refractivity contribution in [2.24, 2.45) is 0 Å². The summed E-state index contributed by atoms with van der Waals surface area (Å²) < 4.78 is 10.5. The molecular weight excluding hydrogens is 468 g/mol. The molecule has 0 fully saturated rings. The van der Waals surface area contributed by atoms with Gasteiger partial charge in [-0.3, -0.25) is 4.79 Å². The molecule has 0 bridgehead atoms. The molecule has 35 heavy (non-hydrogen) atoms. The van der Waals surface area contributed by atoms with Crippen molar-refractivity contribution < 1.29 is 29.0 Å². The molecule has 1 heterocycles. The third-order valence-electron chi connectivity index (χ3n) is 5.92. The van der Waals surface area contributed by atoms with Crippen molar-refractivity contribution in [2.45, 2.75) is 24.4 Å². The smallest absolute Gasteiger partial charge is 0.408 e. The van der Waals surface area contributed by atoms with Gasteiger partial charge in [0.05, 0.1) is 0 Å². The fraction of sp³-hybridized carbons (Fsp3) is 0.269. The van der Waals surface area contributed by atoms with Crippen molar-refractivity contribution in [1.29, 1.82) is 0 Å². The summed E-state index contributed by atoms with van der Waals surface area (Å²) in [6.45, 7) is 0.269. The molecule has 0 saturated heterocycles. The predicted molar refractivity (Wildman–Crippen MR) is 131 cm³/mol. The number of alkyl carbamates (subject to hydrolysis) is 1. The number of nitrogens with one attached hydrogen (secondary N) is 2. The normalized spacial score (nSPS) is 13.9. The number of carbonyl (C=O) groups is 3. The summed E-state index contributed by atoms with van der Waals surface area (Å²) in [4.78, 5) is 37.8. The van der Waals surface area contributed by atoms with Crippen molar-refractivity contribution in [3.8, 4) is 11.1 Å². The third kappa shape index (κ3) is 5.52. The zero-order chi connectivity index (χ0) is 24.8. The number of carboxylic acid groups (broad SMARTS) is 1. The number of carboxylic acids is 1. The highest BCUT2D eigenvalue weighted by molar-refractivity contribution is 7.10. The van der Waals surface area contributed by atoms with E-state index in [1.54, 1.807) is 17.5 Å². The summed E-state index contributed by atoms with van der Waals surface area (Å²) >= 11 is 1.28. The standard InChI is InChI=1S/C26H26N2O6S/c1-33-13-12-21(25(30)31)27-24(29)23(22-11-6-14-35-22)28-26(32)34-15-20-18-9-4-2-7-16(18)17-8-3-5-10-19(17)20/h2-11,14,20-21,23H,12-13,15H2,1H3,(H,27,29)(H,28,32)(H,30,31). The topological polar surface area (TPSA) is 114 Å². The van der Waals surface area contributed by atoms with Crippen LogP contribution >= 0.6 is 11.3 Å². The second-order valence-electron chi connectivity index (χ2n) is 8.10. The number of fused-ring (bicyclic) bond motifs is 3. The van der Waals surface area contributed by atoms with Crippen LogP contribution in [0.1, 0.15) is 34.4 Å². The van der Waals surface area contributed by atoms with Gasteiger partial charge in [0.1, 0.15) is 18.7 Å².